The smallest absolute Gasteiger partial charge is 0.273 e. The lowest BCUT2D eigenvalue weighted by atomic mass is 10.2. The Morgan fingerprint density at radius 1 is 1.50 bits per heavy atom. The van der Waals surface area contributed by atoms with Gasteiger partial charge in [-0.2, -0.15) is 0 Å². The molecule has 0 aromatic carbocycles. The number of aromatic nitrogens is 1. The van der Waals surface area contributed by atoms with Crippen molar-refractivity contribution in [2.75, 3.05) is 18.1 Å². The number of rotatable bonds is 5. The second-order valence-electron chi connectivity index (χ2n) is 5.96. The number of aryl methyl sites for hydroxylation is 1. The standard InChI is InChI=1S/C16H20N2O4S2/c1-3-7-18(12-6-9-24(20,21)10-12)16(19)14-11(2)23-15(17-14)13-5-4-8-22-13/h4-5,8,12H,3,6-7,9-10H2,1-2H3. The Balaban J connectivity index is 1.88. The van der Waals surface area contributed by atoms with Crippen LogP contribution in [0.3, 0.4) is 0 Å². The summed E-state index contributed by atoms with van der Waals surface area (Å²) in [7, 11) is -3.04. The Morgan fingerprint density at radius 3 is 2.88 bits per heavy atom. The Morgan fingerprint density at radius 2 is 2.29 bits per heavy atom. The number of sulfone groups is 1. The molecule has 130 valence electrons. The monoisotopic (exact) mass is 368 g/mol. The van der Waals surface area contributed by atoms with E-state index in [1.165, 1.54) is 11.3 Å². The number of carbonyl (C=O) groups excluding carboxylic acids is 1. The minimum absolute atomic E-state index is 0.0486. The number of nitrogens with zero attached hydrogens (tertiary/aromatic N) is 2. The van der Waals surface area contributed by atoms with Crippen LogP contribution in [0.1, 0.15) is 35.1 Å². The van der Waals surface area contributed by atoms with E-state index in [1.807, 2.05) is 13.8 Å². The Hall–Kier alpha value is -1.67. The van der Waals surface area contributed by atoms with E-state index in [4.69, 9.17) is 4.42 Å². The first kappa shape index (κ1) is 17.2. The highest BCUT2D eigenvalue weighted by atomic mass is 32.2. The molecule has 24 heavy (non-hydrogen) atoms. The van der Waals surface area contributed by atoms with Crippen LogP contribution in [-0.4, -0.2) is 48.3 Å². The zero-order valence-corrected chi connectivity index (χ0v) is 15.3. The van der Waals surface area contributed by atoms with Crippen molar-refractivity contribution < 1.29 is 17.6 Å². The molecule has 1 atom stereocenters. The molecule has 1 amide bonds. The predicted molar refractivity (Wildman–Crippen MR) is 92.9 cm³/mol. The van der Waals surface area contributed by atoms with Crippen molar-refractivity contribution in [1.82, 2.24) is 9.88 Å². The van der Waals surface area contributed by atoms with Gasteiger partial charge in [0.15, 0.2) is 20.6 Å². The molecule has 0 N–H and O–H groups in total. The van der Waals surface area contributed by atoms with Crippen molar-refractivity contribution >= 4 is 27.1 Å². The lowest BCUT2D eigenvalue weighted by Crippen LogP contribution is -2.42. The minimum Gasteiger partial charge on any atom is -0.462 e. The molecule has 1 aliphatic rings. The zero-order chi connectivity index (χ0) is 17.3. The van der Waals surface area contributed by atoms with Gasteiger partial charge < -0.3 is 9.32 Å². The highest BCUT2D eigenvalue weighted by Crippen LogP contribution is 2.29. The molecule has 2 aromatic heterocycles. The summed E-state index contributed by atoms with van der Waals surface area (Å²) in [5.74, 6) is 0.643. The summed E-state index contributed by atoms with van der Waals surface area (Å²) in [6.07, 6.45) is 2.85. The van der Waals surface area contributed by atoms with Crippen LogP contribution >= 0.6 is 11.3 Å². The topological polar surface area (TPSA) is 80.5 Å². The molecule has 0 radical (unpaired) electrons. The molecule has 2 aromatic rings. The van der Waals surface area contributed by atoms with Crippen LogP contribution in [0.5, 0.6) is 0 Å². The number of carbonyl (C=O) groups is 1. The van der Waals surface area contributed by atoms with Gasteiger partial charge in [0.2, 0.25) is 0 Å². The molecule has 6 nitrogen and oxygen atoms in total. The number of hydrogen-bond donors (Lipinski definition) is 0. The highest BCUT2D eigenvalue weighted by Gasteiger charge is 2.35. The fourth-order valence-electron chi connectivity index (χ4n) is 2.95. The average molecular weight is 368 g/mol. The minimum atomic E-state index is -3.04. The van der Waals surface area contributed by atoms with Gasteiger partial charge in [-0.25, -0.2) is 13.4 Å². The molecular formula is C16H20N2O4S2. The van der Waals surface area contributed by atoms with E-state index in [9.17, 15) is 13.2 Å². The maximum absolute atomic E-state index is 13.0. The Labute approximate surface area is 145 Å². The molecule has 3 heterocycles. The van der Waals surface area contributed by atoms with Crippen molar-refractivity contribution in [3.05, 3.63) is 29.0 Å². The molecule has 0 spiro atoms. The molecule has 8 heteroatoms. The van der Waals surface area contributed by atoms with E-state index in [0.29, 0.717) is 29.4 Å². The third kappa shape index (κ3) is 3.39. The molecule has 1 saturated heterocycles. The summed E-state index contributed by atoms with van der Waals surface area (Å²) in [5, 5.41) is 0.663. The fraction of sp³-hybridized carbons (Fsp3) is 0.500. The second-order valence-corrected chi connectivity index (χ2v) is 9.39. The molecule has 0 bridgehead atoms. The summed E-state index contributed by atoms with van der Waals surface area (Å²) >= 11 is 1.41. The highest BCUT2D eigenvalue weighted by molar-refractivity contribution is 7.91. The van der Waals surface area contributed by atoms with Gasteiger partial charge in [0.25, 0.3) is 5.91 Å². The second kappa shape index (κ2) is 6.68. The van der Waals surface area contributed by atoms with Crippen LogP contribution in [0.4, 0.5) is 0 Å². The van der Waals surface area contributed by atoms with Gasteiger partial charge in [-0.3, -0.25) is 4.79 Å². The van der Waals surface area contributed by atoms with Crippen molar-refractivity contribution in [2.24, 2.45) is 0 Å². The first-order chi connectivity index (χ1) is 11.4. The maximum Gasteiger partial charge on any atom is 0.273 e. The molecule has 1 aliphatic heterocycles. The van der Waals surface area contributed by atoms with E-state index in [0.717, 1.165) is 11.3 Å². The van der Waals surface area contributed by atoms with E-state index in [-0.39, 0.29) is 23.5 Å². The van der Waals surface area contributed by atoms with Gasteiger partial charge in [0.1, 0.15) is 5.69 Å². The SMILES string of the molecule is CCCN(C(=O)c1nc(-c2ccco2)sc1C)C1CCS(=O)(=O)C1. The largest absolute Gasteiger partial charge is 0.462 e. The summed E-state index contributed by atoms with van der Waals surface area (Å²) in [6.45, 7) is 4.37. The van der Waals surface area contributed by atoms with Crippen LogP contribution in [0.15, 0.2) is 22.8 Å². The summed E-state index contributed by atoms with van der Waals surface area (Å²) in [6, 6.07) is 3.33. The van der Waals surface area contributed by atoms with Gasteiger partial charge in [0, 0.05) is 17.5 Å². The Bertz CT molecular complexity index is 824. The molecule has 1 fully saturated rings. The quantitative estimate of drug-likeness (QED) is 0.811. The van der Waals surface area contributed by atoms with E-state index >= 15 is 0 Å². The van der Waals surface area contributed by atoms with Crippen molar-refractivity contribution in [2.45, 2.75) is 32.7 Å². The molecule has 0 aliphatic carbocycles. The summed E-state index contributed by atoms with van der Waals surface area (Å²) < 4.78 is 28.9. The predicted octanol–water partition coefficient (Wildman–Crippen LogP) is 2.75. The number of amides is 1. The van der Waals surface area contributed by atoms with E-state index in [1.54, 1.807) is 23.3 Å². The van der Waals surface area contributed by atoms with Crippen LogP contribution in [0.25, 0.3) is 10.8 Å². The molecule has 3 rings (SSSR count). The van der Waals surface area contributed by atoms with Gasteiger partial charge >= 0.3 is 0 Å². The van der Waals surface area contributed by atoms with Crippen molar-refractivity contribution in [3.63, 3.8) is 0 Å². The van der Waals surface area contributed by atoms with Crippen LogP contribution < -0.4 is 0 Å². The van der Waals surface area contributed by atoms with E-state index in [2.05, 4.69) is 4.98 Å². The van der Waals surface area contributed by atoms with Gasteiger partial charge in [-0.1, -0.05) is 6.92 Å². The lowest BCUT2D eigenvalue weighted by molar-refractivity contribution is 0.0691. The first-order valence-corrected chi connectivity index (χ1v) is 10.6. The summed E-state index contributed by atoms with van der Waals surface area (Å²) in [4.78, 5) is 19.9. The zero-order valence-electron chi connectivity index (χ0n) is 13.7. The van der Waals surface area contributed by atoms with E-state index < -0.39 is 9.84 Å². The molecule has 0 saturated carbocycles. The van der Waals surface area contributed by atoms with Gasteiger partial charge in [0.05, 0.1) is 17.8 Å². The lowest BCUT2D eigenvalue weighted by Gasteiger charge is -2.27. The molecule has 1 unspecified atom stereocenters. The first-order valence-electron chi connectivity index (χ1n) is 7.94. The summed E-state index contributed by atoms with van der Waals surface area (Å²) in [5.41, 5.74) is 0.393. The normalized spacial score (nSPS) is 19.5. The number of hydrogen-bond acceptors (Lipinski definition) is 6. The molecular weight excluding hydrogens is 348 g/mol. The number of thiazole rings is 1. The third-order valence-electron chi connectivity index (χ3n) is 4.11. The van der Waals surface area contributed by atoms with Crippen LogP contribution in [-0.2, 0) is 9.84 Å². The van der Waals surface area contributed by atoms with Crippen molar-refractivity contribution in [1.29, 1.82) is 0 Å². The van der Waals surface area contributed by atoms with Gasteiger partial charge in [-0.05, 0) is 31.9 Å². The maximum atomic E-state index is 13.0. The fourth-order valence-corrected chi connectivity index (χ4v) is 5.55. The van der Waals surface area contributed by atoms with Crippen LogP contribution in [0, 0.1) is 6.92 Å². The third-order valence-corrected chi connectivity index (χ3v) is 6.84. The van der Waals surface area contributed by atoms with Gasteiger partial charge in [-0.15, -0.1) is 11.3 Å². The average Bonchev–Trinajstić information content (AvgIpc) is 3.23. The van der Waals surface area contributed by atoms with Crippen molar-refractivity contribution in [3.8, 4) is 10.8 Å². The Kier molecular flexibility index (Phi) is 4.78. The van der Waals surface area contributed by atoms with Crippen LogP contribution in [0.2, 0.25) is 0 Å². The number of furan rings is 1.